The van der Waals surface area contributed by atoms with E-state index in [0.29, 0.717) is 6.54 Å². The summed E-state index contributed by atoms with van der Waals surface area (Å²) in [6, 6.07) is 5.30. The molecule has 0 spiro atoms. The van der Waals surface area contributed by atoms with E-state index in [1.54, 1.807) is 6.07 Å². The van der Waals surface area contributed by atoms with Crippen LogP contribution in [0.25, 0.3) is 0 Å². The number of nitrogens with zero attached hydrogens (tertiary/aromatic N) is 2. The third kappa shape index (κ3) is 4.77. The lowest BCUT2D eigenvalue weighted by atomic mass is 10.0. The van der Waals surface area contributed by atoms with Crippen molar-refractivity contribution < 1.29 is 15.0 Å². The Morgan fingerprint density at radius 2 is 2.29 bits per heavy atom. The zero-order valence-electron chi connectivity index (χ0n) is 12.2. The summed E-state index contributed by atoms with van der Waals surface area (Å²) < 4.78 is 0. The number of carbonyl (C=O) groups is 1. The molecule has 1 aliphatic rings. The van der Waals surface area contributed by atoms with Gasteiger partial charge in [0.25, 0.3) is 0 Å². The molecule has 2 rings (SSSR count). The molecule has 2 heterocycles. The topological polar surface area (TPSA) is 85.7 Å². The van der Waals surface area contributed by atoms with Gasteiger partial charge in [-0.2, -0.15) is 0 Å². The molecule has 0 bridgehead atoms. The van der Waals surface area contributed by atoms with Crippen LogP contribution in [0, 0.1) is 0 Å². The Morgan fingerprint density at radius 3 is 3.05 bits per heavy atom. The van der Waals surface area contributed by atoms with Crippen molar-refractivity contribution in [3.05, 3.63) is 29.6 Å². The largest absolute Gasteiger partial charge is 0.477 e. The minimum Gasteiger partial charge on any atom is -0.477 e. The molecule has 0 aliphatic carbocycles. The summed E-state index contributed by atoms with van der Waals surface area (Å²) in [6.45, 7) is 3.51. The standard InChI is InChI=1S/C15H23N3O3/c19-11-13-5-1-2-8-18(13)9-7-16-10-12-4-3-6-14(17-12)15(20)21/h3-4,6,13,16,19H,1-2,5,7-11H2,(H,20,21). The molecule has 1 atom stereocenters. The van der Waals surface area contributed by atoms with E-state index in [1.807, 2.05) is 6.07 Å². The number of aliphatic hydroxyl groups is 1. The van der Waals surface area contributed by atoms with Crippen LogP contribution in [0.2, 0.25) is 0 Å². The Bertz CT molecular complexity index is 467. The number of rotatable bonds is 7. The van der Waals surface area contributed by atoms with Crippen LogP contribution in [0.4, 0.5) is 0 Å². The molecule has 1 unspecified atom stereocenters. The number of nitrogens with one attached hydrogen (secondary N) is 1. The molecule has 1 saturated heterocycles. The maximum atomic E-state index is 10.8. The van der Waals surface area contributed by atoms with E-state index in [-0.39, 0.29) is 18.3 Å². The molecule has 0 amide bonds. The van der Waals surface area contributed by atoms with Crippen molar-refractivity contribution in [2.24, 2.45) is 0 Å². The molecule has 1 aromatic heterocycles. The molecule has 6 heteroatoms. The zero-order chi connectivity index (χ0) is 15.1. The van der Waals surface area contributed by atoms with Crippen LogP contribution < -0.4 is 5.32 Å². The van der Waals surface area contributed by atoms with Gasteiger partial charge in [0.2, 0.25) is 0 Å². The number of aliphatic hydroxyl groups excluding tert-OH is 1. The number of aromatic nitrogens is 1. The third-order valence-corrected chi connectivity index (χ3v) is 3.87. The molecule has 1 fully saturated rings. The molecule has 1 aliphatic heterocycles. The molecule has 1 aromatic rings. The predicted molar refractivity (Wildman–Crippen MR) is 79.2 cm³/mol. The lowest BCUT2D eigenvalue weighted by molar-refractivity contribution is 0.0690. The van der Waals surface area contributed by atoms with Crippen molar-refractivity contribution in [1.29, 1.82) is 0 Å². The first-order valence-corrected chi connectivity index (χ1v) is 7.45. The van der Waals surface area contributed by atoms with E-state index in [9.17, 15) is 9.90 Å². The first kappa shape index (κ1) is 15.9. The summed E-state index contributed by atoms with van der Waals surface area (Å²) in [7, 11) is 0. The van der Waals surface area contributed by atoms with Crippen LogP contribution in [0.5, 0.6) is 0 Å². The SMILES string of the molecule is O=C(O)c1cccc(CNCCN2CCCCC2CO)n1. The number of carboxylic acids is 1. The van der Waals surface area contributed by atoms with Gasteiger partial charge in [0.1, 0.15) is 5.69 Å². The van der Waals surface area contributed by atoms with Crippen molar-refractivity contribution in [1.82, 2.24) is 15.2 Å². The monoisotopic (exact) mass is 293 g/mol. The van der Waals surface area contributed by atoms with E-state index in [4.69, 9.17) is 5.11 Å². The molecule has 116 valence electrons. The van der Waals surface area contributed by atoms with E-state index in [1.165, 1.54) is 18.9 Å². The van der Waals surface area contributed by atoms with Crippen molar-refractivity contribution in [2.45, 2.75) is 31.8 Å². The Morgan fingerprint density at radius 1 is 1.43 bits per heavy atom. The number of hydrogen-bond acceptors (Lipinski definition) is 5. The van der Waals surface area contributed by atoms with Gasteiger partial charge >= 0.3 is 5.97 Å². The Labute approximate surface area is 124 Å². The minimum atomic E-state index is -1.00. The lowest BCUT2D eigenvalue weighted by Crippen LogP contribution is -2.44. The number of likely N-dealkylation sites (tertiary alicyclic amines) is 1. The zero-order valence-corrected chi connectivity index (χ0v) is 12.2. The summed E-state index contributed by atoms with van der Waals surface area (Å²) >= 11 is 0. The van der Waals surface area contributed by atoms with Crippen molar-refractivity contribution in [3.63, 3.8) is 0 Å². The van der Waals surface area contributed by atoms with Crippen molar-refractivity contribution >= 4 is 5.97 Å². The quantitative estimate of drug-likeness (QED) is 0.642. The summed E-state index contributed by atoms with van der Waals surface area (Å²) in [5.41, 5.74) is 0.804. The van der Waals surface area contributed by atoms with Gasteiger partial charge in [0.15, 0.2) is 0 Å². The number of aromatic carboxylic acids is 1. The summed E-state index contributed by atoms with van der Waals surface area (Å²) in [4.78, 5) is 17.2. The number of hydrogen-bond donors (Lipinski definition) is 3. The fraction of sp³-hybridized carbons (Fsp3) is 0.600. The normalized spacial score (nSPS) is 19.6. The van der Waals surface area contributed by atoms with Crippen LogP contribution in [0.1, 0.15) is 35.4 Å². The van der Waals surface area contributed by atoms with Gasteiger partial charge in [0.05, 0.1) is 12.3 Å². The maximum Gasteiger partial charge on any atom is 0.354 e. The highest BCUT2D eigenvalue weighted by Gasteiger charge is 2.20. The molecular weight excluding hydrogens is 270 g/mol. The summed E-state index contributed by atoms with van der Waals surface area (Å²) in [5.74, 6) is -1.00. The van der Waals surface area contributed by atoms with Gasteiger partial charge in [-0.3, -0.25) is 4.90 Å². The average molecular weight is 293 g/mol. The third-order valence-electron chi connectivity index (χ3n) is 3.87. The van der Waals surface area contributed by atoms with Crippen LogP contribution in [0.15, 0.2) is 18.2 Å². The Kier molecular flexibility index (Phi) is 6.10. The second-order valence-corrected chi connectivity index (χ2v) is 5.36. The molecule has 0 saturated carbocycles. The predicted octanol–water partition coefficient (Wildman–Crippen LogP) is 0.716. The highest BCUT2D eigenvalue weighted by atomic mass is 16.4. The average Bonchev–Trinajstić information content (AvgIpc) is 2.52. The molecule has 21 heavy (non-hydrogen) atoms. The van der Waals surface area contributed by atoms with Crippen LogP contribution >= 0.6 is 0 Å². The van der Waals surface area contributed by atoms with Crippen molar-refractivity contribution in [3.8, 4) is 0 Å². The van der Waals surface area contributed by atoms with E-state index in [2.05, 4.69) is 15.2 Å². The Hall–Kier alpha value is -1.50. The van der Waals surface area contributed by atoms with Crippen LogP contribution in [0.3, 0.4) is 0 Å². The first-order chi connectivity index (χ1) is 10.2. The highest BCUT2D eigenvalue weighted by Crippen LogP contribution is 2.15. The van der Waals surface area contributed by atoms with Gasteiger partial charge in [-0.1, -0.05) is 12.5 Å². The van der Waals surface area contributed by atoms with Crippen LogP contribution in [-0.4, -0.2) is 58.3 Å². The van der Waals surface area contributed by atoms with Gasteiger partial charge < -0.3 is 15.5 Å². The first-order valence-electron chi connectivity index (χ1n) is 7.45. The fourth-order valence-electron chi connectivity index (χ4n) is 2.70. The number of piperidine rings is 1. The summed E-state index contributed by atoms with van der Waals surface area (Å²) in [6.07, 6.45) is 3.46. The highest BCUT2D eigenvalue weighted by molar-refractivity contribution is 5.85. The molecule has 0 aromatic carbocycles. The summed E-state index contributed by atoms with van der Waals surface area (Å²) in [5, 5.41) is 21.5. The van der Waals surface area contributed by atoms with Gasteiger partial charge in [-0.05, 0) is 31.5 Å². The lowest BCUT2D eigenvalue weighted by Gasteiger charge is -2.34. The molecule has 6 nitrogen and oxygen atoms in total. The maximum absolute atomic E-state index is 10.8. The molecule has 0 radical (unpaired) electrons. The van der Waals surface area contributed by atoms with Crippen LogP contribution in [-0.2, 0) is 6.54 Å². The second kappa shape index (κ2) is 8.07. The molecule has 3 N–H and O–H groups in total. The van der Waals surface area contributed by atoms with Gasteiger partial charge in [0, 0.05) is 25.7 Å². The second-order valence-electron chi connectivity index (χ2n) is 5.36. The van der Waals surface area contributed by atoms with E-state index < -0.39 is 5.97 Å². The minimum absolute atomic E-state index is 0.0747. The Balaban J connectivity index is 1.74. The number of carboxylic acid groups (broad SMARTS) is 1. The number of pyridine rings is 1. The smallest absolute Gasteiger partial charge is 0.354 e. The van der Waals surface area contributed by atoms with Gasteiger partial charge in [-0.25, -0.2) is 9.78 Å². The fourth-order valence-corrected chi connectivity index (χ4v) is 2.70. The van der Waals surface area contributed by atoms with Gasteiger partial charge in [-0.15, -0.1) is 0 Å². The van der Waals surface area contributed by atoms with E-state index in [0.717, 1.165) is 31.7 Å². The van der Waals surface area contributed by atoms with Crippen molar-refractivity contribution in [2.75, 3.05) is 26.2 Å². The van der Waals surface area contributed by atoms with E-state index >= 15 is 0 Å². The molecular formula is C15H23N3O3.